The summed E-state index contributed by atoms with van der Waals surface area (Å²) in [4.78, 5) is 31.4. The first kappa shape index (κ1) is 18.5. The molecule has 9 heteroatoms. The average Bonchev–Trinajstić information content (AvgIpc) is 2.74. The predicted molar refractivity (Wildman–Crippen MR) is 75.0 cm³/mol. The first-order chi connectivity index (χ1) is 10.6. The van der Waals surface area contributed by atoms with Crippen molar-refractivity contribution >= 4 is 23.5 Å². The summed E-state index contributed by atoms with van der Waals surface area (Å²) in [6.45, 7) is 0. The van der Waals surface area contributed by atoms with Crippen LogP contribution >= 0.6 is 0 Å². The molecule has 6 nitrogen and oxygen atoms in total. The molecular weight excluding hydrogens is 317 g/mol. The number of carbonyl (C=O) groups is 3. The summed E-state index contributed by atoms with van der Waals surface area (Å²) in [7, 11) is 0. The number of anilines is 1. The number of benzene rings is 1. The highest BCUT2D eigenvalue weighted by molar-refractivity contribution is 5.92. The van der Waals surface area contributed by atoms with Crippen molar-refractivity contribution < 1.29 is 32.7 Å². The fraction of sp³-hybridized carbons (Fsp3) is 0.357. The van der Waals surface area contributed by atoms with Crippen molar-refractivity contribution in [1.82, 2.24) is 0 Å². The van der Waals surface area contributed by atoms with E-state index in [-0.39, 0.29) is 5.78 Å². The molecule has 2 amide bonds. The van der Waals surface area contributed by atoms with Crippen LogP contribution in [0.5, 0.6) is 0 Å². The maximum absolute atomic E-state index is 12.0. The minimum Gasteiger partial charge on any atom is -0.465 e. The minimum atomic E-state index is -4.33. The third-order valence-corrected chi connectivity index (χ3v) is 2.90. The molecule has 0 atom stereocenters. The molecule has 2 rings (SSSR count). The van der Waals surface area contributed by atoms with Gasteiger partial charge in [0.2, 0.25) is 5.91 Å². The van der Waals surface area contributed by atoms with Gasteiger partial charge in [-0.1, -0.05) is 6.07 Å². The highest BCUT2D eigenvalue weighted by atomic mass is 19.4. The molecule has 0 saturated heterocycles. The molecule has 126 valence electrons. The lowest BCUT2D eigenvalue weighted by molar-refractivity contribution is -0.142. The van der Waals surface area contributed by atoms with E-state index in [1.54, 1.807) is 18.2 Å². The molecule has 0 fully saturated rings. The number of amides is 2. The minimum absolute atomic E-state index is 0.107. The van der Waals surface area contributed by atoms with Gasteiger partial charge in [0.25, 0.3) is 0 Å². The van der Waals surface area contributed by atoms with E-state index in [0.29, 0.717) is 18.5 Å². The third kappa shape index (κ3) is 7.30. The van der Waals surface area contributed by atoms with Gasteiger partial charge in [-0.2, -0.15) is 13.2 Å². The molecule has 0 radical (unpaired) electrons. The van der Waals surface area contributed by atoms with E-state index in [2.05, 4.69) is 11.1 Å². The molecule has 23 heavy (non-hydrogen) atoms. The molecule has 0 saturated carbocycles. The highest BCUT2D eigenvalue weighted by Gasteiger charge is 2.28. The molecule has 0 unspecified atom stereocenters. The smallest absolute Gasteiger partial charge is 0.402 e. The van der Waals surface area contributed by atoms with Gasteiger partial charge in [0.05, 0.1) is 6.42 Å². The monoisotopic (exact) mass is 332 g/mol. The van der Waals surface area contributed by atoms with E-state index >= 15 is 0 Å². The van der Waals surface area contributed by atoms with E-state index < -0.39 is 31.0 Å². The normalized spacial score (nSPS) is 12.9. The first-order valence-electron chi connectivity index (χ1n) is 6.55. The van der Waals surface area contributed by atoms with Crippen LogP contribution in [0.4, 0.5) is 23.7 Å². The van der Waals surface area contributed by atoms with E-state index in [1.165, 1.54) is 0 Å². The third-order valence-electron chi connectivity index (χ3n) is 2.90. The van der Waals surface area contributed by atoms with Crippen LogP contribution in [0, 0.1) is 0 Å². The quantitative estimate of drug-likeness (QED) is 0.788. The zero-order chi connectivity index (χ0) is 17.6. The maximum Gasteiger partial charge on any atom is 0.402 e. The van der Waals surface area contributed by atoms with Crippen LogP contribution < -0.4 is 11.1 Å². The van der Waals surface area contributed by atoms with Crippen molar-refractivity contribution in [3.8, 4) is 0 Å². The van der Waals surface area contributed by atoms with Crippen LogP contribution in [0.15, 0.2) is 18.2 Å². The van der Waals surface area contributed by atoms with Crippen LogP contribution in [0.3, 0.4) is 0 Å². The summed E-state index contributed by atoms with van der Waals surface area (Å²) >= 11 is 0. The van der Waals surface area contributed by atoms with Gasteiger partial charge in [-0.25, -0.2) is 4.79 Å². The van der Waals surface area contributed by atoms with E-state index in [0.717, 1.165) is 11.1 Å². The lowest BCUT2D eigenvalue weighted by atomic mass is 10.1. The zero-order valence-corrected chi connectivity index (χ0v) is 11.9. The van der Waals surface area contributed by atoms with Gasteiger partial charge in [0.1, 0.15) is 5.78 Å². The number of primary amides is 1. The number of hydrogen-bond donors (Lipinski definition) is 3. The molecule has 4 N–H and O–H groups in total. The van der Waals surface area contributed by atoms with Gasteiger partial charge in [-0.3, -0.25) is 9.59 Å². The summed E-state index contributed by atoms with van der Waals surface area (Å²) < 4.78 is 35.9. The highest BCUT2D eigenvalue weighted by Crippen LogP contribution is 2.24. The molecule has 0 bridgehead atoms. The molecular formula is C14H15F3N2O4. The predicted octanol–water partition coefficient (Wildman–Crippen LogP) is 2.26. The van der Waals surface area contributed by atoms with Gasteiger partial charge in [-0.15, -0.1) is 0 Å². The SMILES string of the molecule is NC(=O)O.O=C1Cc2ccc(NC(=O)CCC(F)(F)F)cc2C1. The Bertz CT molecular complexity index is 611. The van der Waals surface area contributed by atoms with Gasteiger partial charge in [0, 0.05) is 24.9 Å². The molecule has 0 aliphatic heterocycles. The number of alkyl halides is 3. The largest absolute Gasteiger partial charge is 0.465 e. The Morgan fingerprint density at radius 1 is 1.22 bits per heavy atom. The van der Waals surface area contributed by atoms with Crippen LogP contribution in [-0.2, 0) is 22.4 Å². The lowest BCUT2D eigenvalue weighted by Crippen LogP contribution is -2.16. The number of carbonyl (C=O) groups excluding carboxylic acids is 2. The summed E-state index contributed by atoms with van der Waals surface area (Å²) in [6.07, 6.45) is -6.69. The molecule has 1 aromatic rings. The Morgan fingerprint density at radius 2 is 1.78 bits per heavy atom. The second-order valence-electron chi connectivity index (χ2n) is 4.88. The Labute approximate surface area is 129 Å². The molecule has 1 aromatic carbocycles. The molecule has 1 aliphatic rings. The Kier molecular flexibility index (Phi) is 6.11. The lowest BCUT2D eigenvalue weighted by Gasteiger charge is -2.08. The van der Waals surface area contributed by atoms with E-state index in [9.17, 15) is 22.8 Å². The van der Waals surface area contributed by atoms with Crippen LogP contribution in [0.25, 0.3) is 0 Å². The number of nitrogens with one attached hydrogen (secondary N) is 1. The number of carboxylic acid groups (broad SMARTS) is 1. The van der Waals surface area contributed by atoms with Crippen molar-refractivity contribution in [3.63, 3.8) is 0 Å². The second kappa shape index (κ2) is 7.61. The molecule has 0 heterocycles. The summed E-state index contributed by atoms with van der Waals surface area (Å²) in [5.41, 5.74) is 6.21. The van der Waals surface area contributed by atoms with Gasteiger partial charge in [-0.05, 0) is 23.3 Å². The van der Waals surface area contributed by atoms with Gasteiger partial charge in [0.15, 0.2) is 0 Å². The first-order valence-corrected chi connectivity index (χ1v) is 6.55. The summed E-state index contributed by atoms with van der Waals surface area (Å²) in [5, 5.41) is 9.60. The van der Waals surface area contributed by atoms with Crippen molar-refractivity contribution in [3.05, 3.63) is 29.3 Å². The molecule has 0 spiro atoms. The van der Waals surface area contributed by atoms with Crippen molar-refractivity contribution in [2.24, 2.45) is 5.73 Å². The number of ketones is 1. The maximum atomic E-state index is 12.0. The van der Waals surface area contributed by atoms with Crippen LogP contribution in [0.1, 0.15) is 24.0 Å². The van der Waals surface area contributed by atoms with E-state index in [1.807, 2.05) is 0 Å². The molecule has 1 aliphatic carbocycles. The van der Waals surface area contributed by atoms with Crippen LogP contribution in [0.2, 0.25) is 0 Å². The number of halogens is 3. The topological polar surface area (TPSA) is 109 Å². The fourth-order valence-electron chi connectivity index (χ4n) is 2.01. The van der Waals surface area contributed by atoms with Crippen molar-refractivity contribution in [2.45, 2.75) is 31.9 Å². The number of rotatable bonds is 3. The summed E-state index contributed by atoms with van der Waals surface area (Å²) in [5.74, 6) is -0.572. The Hall–Kier alpha value is -2.58. The van der Waals surface area contributed by atoms with E-state index in [4.69, 9.17) is 9.90 Å². The number of nitrogens with two attached hydrogens (primary N) is 1. The Balaban J connectivity index is 0.000000593. The molecule has 0 aromatic heterocycles. The van der Waals surface area contributed by atoms with Crippen molar-refractivity contribution in [2.75, 3.05) is 5.32 Å². The zero-order valence-electron chi connectivity index (χ0n) is 11.9. The van der Waals surface area contributed by atoms with Crippen molar-refractivity contribution in [1.29, 1.82) is 0 Å². The average molecular weight is 332 g/mol. The number of fused-ring (bicyclic) bond motifs is 1. The van der Waals surface area contributed by atoms with Crippen LogP contribution in [-0.4, -0.2) is 29.1 Å². The second-order valence-corrected chi connectivity index (χ2v) is 4.88. The van der Waals surface area contributed by atoms with Gasteiger partial charge >= 0.3 is 12.3 Å². The number of Topliss-reactive ketones (excluding diaryl/α,β-unsaturated/α-hetero) is 1. The Morgan fingerprint density at radius 3 is 2.35 bits per heavy atom. The summed E-state index contributed by atoms with van der Waals surface area (Å²) in [6, 6.07) is 4.97. The van der Waals surface area contributed by atoms with Gasteiger partial charge < -0.3 is 16.2 Å². The fourth-order valence-corrected chi connectivity index (χ4v) is 2.01. The number of hydrogen-bond acceptors (Lipinski definition) is 3. The standard InChI is InChI=1S/C13H12F3NO2.CH3NO2/c14-13(15,16)4-3-12(19)17-10-2-1-8-6-11(18)7-9(8)5-10;2-1(3)4/h1-2,5H,3-4,6-7H2,(H,17,19);2H2,(H,3,4).